The molecule has 0 aromatic heterocycles. The minimum atomic E-state index is -1.42. The molecular formula is C11H14O5. The summed E-state index contributed by atoms with van der Waals surface area (Å²) in [7, 11) is 2.42. The molecule has 1 N–H and O–H groups in total. The van der Waals surface area contributed by atoms with E-state index in [0.29, 0.717) is 0 Å². The molecule has 0 aliphatic heterocycles. The summed E-state index contributed by atoms with van der Waals surface area (Å²) in [6.45, 7) is 1.44. The van der Waals surface area contributed by atoms with Crippen molar-refractivity contribution in [3.8, 4) is 0 Å². The number of esters is 2. The van der Waals surface area contributed by atoms with Crippen molar-refractivity contribution < 1.29 is 24.2 Å². The molecule has 0 unspecified atom stereocenters. The van der Waals surface area contributed by atoms with E-state index < -0.39 is 23.5 Å². The molecule has 0 fully saturated rings. The first-order valence-corrected chi connectivity index (χ1v) is 4.72. The van der Waals surface area contributed by atoms with E-state index in [1.807, 2.05) is 0 Å². The number of ether oxygens (including phenoxy) is 2. The highest BCUT2D eigenvalue weighted by Gasteiger charge is 2.48. The summed E-state index contributed by atoms with van der Waals surface area (Å²) in [6, 6.07) is 0. The minimum absolute atomic E-state index is 0.0804. The van der Waals surface area contributed by atoms with E-state index in [1.165, 1.54) is 39.4 Å². The summed E-state index contributed by atoms with van der Waals surface area (Å²) in [5.74, 6) is -1.34. The van der Waals surface area contributed by atoms with Crippen molar-refractivity contribution in [2.45, 2.75) is 13.0 Å². The first-order chi connectivity index (χ1) is 7.48. The van der Waals surface area contributed by atoms with Gasteiger partial charge in [0, 0.05) is 0 Å². The fraction of sp³-hybridized carbons (Fsp3) is 0.455. The smallest absolute Gasteiger partial charge is 0.335 e. The Morgan fingerprint density at radius 3 is 2.50 bits per heavy atom. The largest absolute Gasteiger partial charge is 0.468 e. The zero-order chi connectivity index (χ0) is 12.3. The number of carbonyl (C=O) groups excluding carboxylic acids is 2. The van der Waals surface area contributed by atoms with Crippen LogP contribution < -0.4 is 0 Å². The average Bonchev–Trinajstić information content (AvgIpc) is 2.30. The quantitative estimate of drug-likeness (QED) is 0.681. The fourth-order valence-corrected chi connectivity index (χ4v) is 1.61. The Balaban J connectivity index is 3.21. The average molecular weight is 226 g/mol. The lowest BCUT2D eigenvalue weighted by atomic mass is 9.74. The summed E-state index contributed by atoms with van der Waals surface area (Å²) in [5.41, 5.74) is -1.34. The number of methoxy groups -OCH3 is 2. The van der Waals surface area contributed by atoms with Crippen molar-refractivity contribution >= 4 is 11.9 Å². The van der Waals surface area contributed by atoms with Crippen molar-refractivity contribution in [1.29, 1.82) is 0 Å². The van der Waals surface area contributed by atoms with E-state index in [0.717, 1.165) is 0 Å². The predicted octanol–water partition coefficient (Wildman–Crippen LogP) is 0.196. The molecule has 0 amide bonds. The molecule has 16 heavy (non-hydrogen) atoms. The Kier molecular flexibility index (Phi) is 3.49. The molecule has 1 aliphatic carbocycles. The van der Waals surface area contributed by atoms with Gasteiger partial charge in [0.1, 0.15) is 5.41 Å². The molecule has 0 aromatic carbocycles. The van der Waals surface area contributed by atoms with Crippen LogP contribution in [0.2, 0.25) is 0 Å². The highest BCUT2D eigenvalue weighted by atomic mass is 16.5. The standard InChI is InChI=1S/C11H14O5/c1-11(10(14)16-3)7(9(13)15-2)5-4-6-8(11)12/h4-6,8,12H,1-3H3/t8-,11-/m0/s1. The molecule has 1 rings (SSSR count). The van der Waals surface area contributed by atoms with Crippen molar-refractivity contribution in [3.05, 3.63) is 23.8 Å². The maximum absolute atomic E-state index is 11.7. The van der Waals surface area contributed by atoms with Crippen LogP contribution in [0, 0.1) is 5.41 Å². The first kappa shape index (κ1) is 12.4. The Morgan fingerprint density at radius 2 is 2.00 bits per heavy atom. The first-order valence-electron chi connectivity index (χ1n) is 4.72. The van der Waals surface area contributed by atoms with Crippen LogP contribution in [0.1, 0.15) is 6.92 Å². The van der Waals surface area contributed by atoms with Gasteiger partial charge in [-0.25, -0.2) is 4.79 Å². The van der Waals surface area contributed by atoms with Gasteiger partial charge in [-0.15, -0.1) is 0 Å². The van der Waals surface area contributed by atoms with Gasteiger partial charge < -0.3 is 14.6 Å². The van der Waals surface area contributed by atoms with Crippen molar-refractivity contribution in [3.63, 3.8) is 0 Å². The second-order valence-electron chi connectivity index (χ2n) is 3.60. The number of hydrogen-bond acceptors (Lipinski definition) is 5. The van der Waals surface area contributed by atoms with Crippen LogP contribution in [-0.2, 0) is 19.1 Å². The van der Waals surface area contributed by atoms with Crippen molar-refractivity contribution in [2.24, 2.45) is 5.41 Å². The van der Waals surface area contributed by atoms with Crippen LogP contribution >= 0.6 is 0 Å². The summed E-state index contributed by atoms with van der Waals surface area (Å²) < 4.78 is 9.17. The number of carbonyl (C=O) groups is 2. The predicted molar refractivity (Wildman–Crippen MR) is 55.4 cm³/mol. The number of aliphatic hydroxyl groups is 1. The molecule has 0 radical (unpaired) electrons. The molecule has 2 atom stereocenters. The van der Waals surface area contributed by atoms with Gasteiger partial charge in [0.25, 0.3) is 0 Å². The minimum Gasteiger partial charge on any atom is -0.468 e. The van der Waals surface area contributed by atoms with Gasteiger partial charge in [0.2, 0.25) is 0 Å². The molecule has 0 saturated carbocycles. The third-order valence-electron chi connectivity index (χ3n) is 2.72. The van der Waals surface area contributed by atoms with E-state index in [1.54, 1.807) is 0 Å². The summed E-state index contributed by atoms with van der Waals surface area (Å²) >= 11 is 0. The van der Waals surface area contributed by atoms with Gasteiger partial charge in [-0.2, -0.15) is 0 Å². The number of allylic oxidation sites excluding steroid dienone is 2. The van der Waals surface area contributed by atoms with E-state index >= 15 is 0 Å². The zero-order valence-electron chi connectivity index (χ0n) is 9.39. The van der Waals surface area contributed by atoms with Gasteiger partial charge in [-0.1, -0.05) is 18.2 Å². The molecule has 5 heteroatoms. The Morgan fingerprint density at radius 1 is 1.38 bits per heavy atom. The Hall–Kier alpha value is -1.62. The van der Waals surface area contributed by atoms with Crippen molar-refractivity contribution in [2.75, 3.05) is 14.2 Å². The monoisotopic (exact) mass is 226 g/mol. The van der Waals surface area contributed by atoms with Gasteiger partial charge in [-0.05, 0) is 6.92 Å². The summed E-state index contributed by atoms with van der Waals surface area (Å²) in [6.07, 6.45) is 3.25. The van der Waals surface area contributed by atoms with Crippen LogP contribution in [0.5, 0.6) is 0 Å². The molecule has 0 spiro atoms. The highest BCUT2D eigenvalue weighted by Crippen LogP contribution is 2.36. The molecule has 88 valence electrons. The second-order valence-corrected chi connectivity index (χ2v) is 3.60. The highest BCUT2D eigenvalue weighted by molar-refractivity contribution is 5.99. The third-order valence-corrected chi connectivity index (χ3v) is 2.72. The SMILES string of the molecule is COC(=O)C1=CC=C[C@H](O)[C@@]1(C)C(=O)OC. The van der Waals surface area contributed by atoms with Gasteiger partial charge >= 0.3 is 11.9 Å². The van der Waals surface area contributed by atoms with Crippen LogP contribution in [0.25, 0.3) is 0 Å². The van der Waals surface area contributed by atoms with Crippen LogP contribution in [0.4, 0.5) is 0 Å². The molecule has 0 saturated heterocycles. The molecule has 0 heterocycles. The topological polar surface area (TPSA) is 72.8 Å². The van der Waals surface area contributed by atoms with E-state index in [9.17, 15) is 14.7 Å². The van der Waals surface area contributed by atoms with Gasteiger partial charge in [0.15, 0.2) is 0 Å². The Labute approximate surface area is 93.3 Å². The van der Waals surface area contributed by atoms with Crippen LogP contribution in [0.15, 0.2) is 23.8 Å². The maximum atomic E-state index is 11.7. The number of aliphatic hydroxyl groups excluding tert-OH is 1. The molecule has 1 aliphatic rings. The Bertz CT molecular complexity index is 369. The lowest BCUT2D eigenvalue weighted by molar-refractivity contribution is -0.157. The van der Waals surface area contributed by atoms with E-state index in [4.69, 9.17) is 0 Å². The summed E-state index contributed by atoms with van der Waals surface area (Å²) in [5, 5.41) is 9.81. The van der Waals surface area contributed by atoms with E-state index in [-0.39, 0.29) is 5.57 Å². The molecular weight excluding hydrogens is 212 g/mol. The second kappa shape index (κ2) is 4.49. The lowest BCUT2D eigenvalue weighted by Crippen LogP contribution is -2.45. The van der Waals surface area contributed by atoms with Gasteiger partial charge in [-0.3, -0.25) is 4.79 Å². The van der Waals surface area contributed by atoms with Crippen LogP contribution in [-0.4, -0.2) is 37.4 Å². The van der Waals surface area contributed by atoms with Crippen LogP contribution in [0.3, 0.4) is 0 Å². The number of hydrogen-bond donors (Lipinski definition) is 1. The van der Waals surface area contributed by atoms with Crippen molar-refractivity contribution in [1.82, 2.24) is 0 Å². The normalized spacial score (nSPS) is 28.2. The molecule has 0 bridgehead atoms. The van der Waals surface area contributed by atoms with Gasteiger partial charge in [0.05, 0.1) is 25.9 Å². The number of rotatable bonds is 2. The summed E-state index contributed by atoms with van der Waals surface area (Å²) in [4.78, 5) is 23.2. The molecule has 5 nitrogen and oxygen atoms in total. The third kappa shape index (κ3) is 1.74. The maximum Gasteiger partial charge on any atom is 0.335 e. The van der Waals surface area contributed by atoms with E-state index in [2.05, 4.69) is 9.47 Å². The lowest BCUT2D eigenvalue weighted by Gasteiger charge is -2.32. The zero-order valence-corrected chi connectivity index (χ0v) is 9.39. The molecule has 0 aromatic rings. The fourth-order valence-electron chi connectivity index (χ4n) is 1.61.